The Bertz CT molecular complexity index is 486. The minimum absolute atomic E-state index is 0.0866. The topological polar surface area (TPSA) is 32.3 Å². The third-order valence-corrected chi connectivity index (χ3v) is 5.08. The van der Waals surface area contributed by atoms with Gasteiger partial charge in [0.15, 0.2) is 0 Å². The molecule has 3 nitrogen and oxygen atoms in total. The third kappa shape index (κ3) is 3.78. The van der Waals surface area contributed by atoms with Crippen LogP contribution in [-0.2, 0) is 4.79 Å². The molecule has 4 heteroatoms. The smallest absolute Gasteiger partial charge is 0.238 e. The largest absolute Gasteiger partial charge is 0.325 e. The molecule has 2 fully saturated rings. The summed E-state index contributed by atoms with van der Waals surface area (Å²) in [4.78, 5) is 14.7. The maximum Gasteiger partial charge on any atom is 0.238 e. The predicted octanol–water partition coefficient (Wildman–Crippen LogP) is 3.93. The van der Waals surface area contributed by atoms with Crippen LogP contribution in [0.25, 0.3) is 0 Å². The van der Waals surface area contributed by atoms with E-state index in [1.54, 1.807) is 12.1 Å². The SMILES string of the molecule is O=C(CN1CCC[C@H]2CCCC[C@@H]21)Nc1ccc(Cl)cc1. The lowest BCUT2D eigenvalue weighted by Crippen LogP contribution is -2.49. The van der Waals surface area contributed by atoms with E-state index >= 15 is 0 Å². The Morgan fingerprint density at radius 2 is 1.86 bits per heavy atom. The number of fused-ring (bicyclic) bond motifs is 1. The molecule has 1 saturated heterocycles. The lowest BCUT2D eigenvalue weighted by Gasteiger charge is -2.43. The van der Waals surface area contributed by atoms with Crippen LogP contribution < -0.4 is 5.32 Å². The first kappa shape index (κ1) is 14.9. The van der Waals surface area contributed by atoms with Gasteiger partial charge in [-0.15, -0.1) is 0 Å². The molecule has 1 aromatic rings. The Hall–Kier alpha value is -1.06. The molecule has 1 heterocycles. The molecule has 2 atom stereocenters. The summed E-state index contributed by atoms with van der Waals surface area (Å²) in [6.45, 7) is 1.58. The first-order valence-electron chi connectivity index (χ1n) is 8.02. The van der Waals surface area contributed by atoms with Crippen molar-refractivity contribution in [3.05, 3.63) is 29.3 Å². The molecule has 3 rings (SSSR count). The molecule has 0 aromatic heterocycles. The van der Waals surface area contributed by atoms with Crippen LogP contribution in [-0.4, -0.2) is 29.9 Å². The molecule has 1 amide bonds. The van der Waals surface area contributed by atoms with Crippen molar-refractivity contribution in [2.45, 2.75) is 44.6 Å². The average molecular weight is 307 g/mol. The highest BCUT2D eigenvalue weighted by Crippen LogP contribution is 2.35. The first-order chi connectivity index (χ1) is 10.2. The molecule has 0 unspecified atom stereocenters. The number of piperidine rings is 1. The van der Waals surface area contributed by atoms with Crippen LogP contribution in [0, 0.1) is 5.92 Å². The number of carbonyl (C=O) groups is 1. The number of nitrogens with zero attached hydrogens (tertiary/aromatic N) is 1. The number of anilines is 1. The van der Waals surface area contributed by atoms with E-state index in [2.05, 4.69) is 10.2 Å². The standard InChI is InChI=1S/C17H23ClN2O/c18-14-7-9-15(10-8-14)19-17(21)12-20-11-3-5-13-4-1-2-6-16(13)20/h7-10,13,16H,1-6,11-12H2,(H,19,21)/t13-,16+/m1/s1. The van der Waals surface area contributed by atoms with E-state index in [1.807, 2.05) is 12.1 Å². The van der Waals surface area contributed by atoms with Crippen molar-refractivity contribution in [3.63, 3.8) is 0 Å². The van der Waals surface area contributed by atoms with Crippen LogP contribution in [0.4, 0.5) is 5.69 Å². The summed E-state index contributed by atoms with van der Waals surface area (Å²) >= 11 is 5.86. The zero-order valence-electron chi connectivity index (χ0n) is 12.4. The van der Waals surface area contributed by atoms with Gasteiger partial charge in [0.1, 0.15) is 0 Å². The number of likely N-dealkylation sites (tertiary alicyclic amines) is 1. The number of hydrogen-bond acceptors (Lipinski definition) is 2. The summed E-state index contributed by atoms with van der Waals surface area (Å²) < 4.78 is 0. The van der Waals surface area contributed by atoms with E-state index in [9.17, 15) is 4.79 Å². The number of benzene rings is 1. The Kier molecular flexibility index (Phi) is 4.81. The highest BCUT2D eigenvalue weighted by Gasteiger charge is 2.33. The number of carbonyl (C=O) groups excluding carboxylic acids is 1. The molecule has 1 N–H and O–H groups in total. The van der Waals surface area contributed by atoms with Gasteiger partial charge in [0.2, 0.25) is 5.91 Å². The van der Waals surface area contributed by atoms with E-state index < -0.39 is 0 Å². The summed E-state index contributed by atoms with van der Waals surface area (Å²) in [5, 5.41) is 3.66. The second-order valence-corrected chi connectivity index (χ2v) is 6.72. The van der Waals surface area contributed by atoms with E-state index in [0.29, 0.717) is 17.6 Å². The van der Waals surface area contributed by atoms with E-state index in [1.165, 1.54) is 38.5 Å². The Morgan fingerprint density at radius 3 is 2.67 bits per heavy atom. The second-order valence-electron chi connectivity index (χ2n) is 6.28. The van der Waals surface area contributed by atoms with Gasteiger partial charge < -0.3 is 5.32 Å². The van der Waals surface area contributed by atoms with Crippen LogP contribution in [0.15, 0.2) is 24.3 Å². The molecule has 1 saturated carbocycles. The molecule has 1 aromatic carbocycles. The van der Waals surface area contributed by atoms with Gasteiger partial charge in [-0.25, -0.2) is 0 Å². The van der Waals surface area contributed by atoms with Gasteiger partial charge in [-0.3, -0.25) is 9.69 Å². The maximum atomic E-state index is 12.3. The van der Waals surface area contributed by atoms with Crippen LogP contribution in [0.5, 0.6) is 0 Å². The number of hydrogen-bond donors (Lipinski definition) is 1. The number of amides is 1. The summed E-state index contributed by atoms with van der Waals surface area (Å²) in [5.41, 5.74) is 0.821. The monoisotopic (exact) mass is 306 g/mol. The first-order valence-corrected chi connectivity index (χ1v) is 8.39. The van der Waals surface area contributed by atoms with Gasteiger partial charge in [-0.1, -0.05) is 24.4 Å². The van der Waals surface area contributed by atoms with Gasteiger partial charge >= 0.3 is 0 Å². The normalized spacial score (nSPS) is 26.1. The van der Waals surface area contributed by atoms with Crippen molar-refractivity contribution < 1.29 is 4.79 Å². The molecule has 2 aliphatic rings. The van der Waals surface area contributed by atoms with Gasteiger partial charge in [0.05, 0.1) is 6.54 Å². The minimum atomic E-state index is 0.0866. The van der Waals surface area contributed by atoms with Crippen molar-refractivity contribution >= 4 is 23.2 Å². The van der Waals surface area contributed by atoms with Crippen molar-refractivity contribution in [3.8, 4) is 0 Å². The number of nitrogens with one attached hydrogen (secondary N) is 1. The summed E-state index contributed by atoms with van der Waals surface area (Å²) in [6, 6.07) is 7.92. The van der Waals surface area contributed by atoms with Crippen LogP contribution >= 0.6 is 11.6 Å². The Labute approximate surface area is 131 Å². The predicted molar refractivity (Wildman–Crippen MR) is 86.6 cm³/mol. The van der Waals surface area contributed by atoms with Crippen LogP contribution in [0.1, 0.15) is 38.5 Å². The van der Waals surface area contributed by atoms with Gasteiger partial charge in [-0.05, 0) is 62.4 Å². The molecular formula is C17H23ClN2O. The maximum absolute atomic E-state index is 12.3. The molecule has 1 aliphatic heterocycles. The van der Waals surface area contributed by atoms with Crippen LogP contribution in [0.2, 0.25) is 5.02 Å². The lowest BCUT2D eigenvalue weighted by molar-refractivity contribution is -0.118. The summed E-state index contributed by atoms with van der Waals surface area (Å²) in [6.07, 6.45) is 7.87. The molecule has 0 radical (unpaired) electrons. The van der Waals surface area contributed by atoms with Gasteiger partial charge in [0, 0.05) is 16.8 Å². The molecule has 114 valence electrons. The number of halogens is 1. The van der Waals surface area contributed by atoms with E-state index in [0.717, 1.165) is 18.2 Å². The molecule has 0 spiro atoms. The number of rotatable bonds is 3. The highest BCUT2D eigenvalue weighted by atomic mass is 35.5. The highest BCUT2D eigenvalue weighted by molar-refractivity contribution is 6.30. The van der Waals surface area contributed by atoms with Crippen molar-refractivity contribution in [1.82, 2.24) is 4.90 Å². The van der Waals surface area contributed by atoms with Gasteiger partial charge in [-0.2, -0.15) is 0 Å². The molecule has 21 heavy (non-hydrogen) atoms. The lowest BCUT2D eigenvalue weighted by atomic mass is 9.78. The minimum Gasteiger partial charge on any atom is -0.325 e. The Balaban J connectivity index is 1.57. The zero-order valence-corrected chi connectivity index (χ0v) is 13.1. The van der Waals surface area contributed by atoms with Crippen molar-refractivity contribution in [2.75, 3.05) is 18.4 Å². The second kappa shape index (κ2) is 6.80. The quantitative estimate of drug-likeness (QED) is 0.917. The summed E-state index contributed by atoms with van der Waals surface area (Å²) in [7, 11) is 0. The fourth-order valence-electron chi connectivity index (χ4n) is 3.84. The Morgan fingerprint density at radius 1 is 1.14 bits per heavy atom. The average Bonchev–Trinajstić information content (AvgIpc) is 2.50. The van der Waals surface area contributed by atoms with Crippen molar-refractivity contribution in [1.29, 1.82) is 0 Å². The fraction of sp³-hybridized carbons (Fsp3) is 0.588. The van der Waals surface area contributed by atoms with Crippen molar-refractivity contribution in [2.24, 2.45) is 5.92 Å². The van der Waals surface area contributed by atoms with Crippen LogP contribution in [0.3, 0.4) is 0 Å². The van der Waals surface area contributed by atoms with Gasteiger partial charge in [0.25, 0.3) is 0 Å². The van der Waals surface area contributed by atoms with E-state index in [-0.39, 0.29) is 5.91 Å². The molecule has 1 aliphatic carbocycles. The zero-order chi connectivity index (χ0) is 14.7. The fourth-order valence-corrected chi connectivity index (χ4v) is 3.97. The molecular weight excluding hydrogens is 284 g/mol. The summed E-state index contributed by atoms with van der Waals surface area (Å²) in [5.74, 6) is 0.902. The molecule has 0 bridgehead atoms. The van der Waals surface area contributed by atoms with E-state index in [4.69, 9.17) is 11.6 Å². The third-order valence-electron chi connectivity index (χ3n) is 4.83.